The molecule has 1 rings (SSSR count). The zero-order valence-electron chi connectivity index (χ0n) is 9.00. The van der Waals surface area contributed by atoms with Crippen molar-refractivity contribution in [3.63, 3.8) is 0 Å². The molecule has 3 nitrogen and oxygen atoms in total. The molecule has 0 N–H and O–H groups in total. The summed E-state index contributed by atoms with van der Waals surface area (Å²) in [6, 6.07) is 9.56. The van der Waals surface area contributed by atoms with Crippen molar-refractivity contribution in [3.8, 4) is 0 Å². The number of hydrogen-bond donors (Lipinski definition) is 0. The first-order valence-corrected chi connectivity index (χ1v) is 6.76. The van der Waals surface area contributed by atoms with E-state index in [-0.39, 0.29) is 6.42 Å². The second-order valence-corrected chi connectivity index (χ2v) is 5.67. The lowest BCUT2D eigenvalue weighted by molar-refractivity contribution is 0.594. The van der Waals surface area contributed by atoms with Crippen molar-refractivity contribution in [2.75, 3.05) is 6.26 Å². The van der Waals surface area contributed by atoms with E-state index in [1.54, 1.807) is 6.08 Å². The minimum absolute atomic E-state index is 0.233. The fraction of sp³-hybridized carbons (Fsp3) is 0.250. The van der Waals surface area contributed by atoms with Gasteiger partial charge in [0.05, 0.1) is 6.42 Å². The minimum Gasteiger partial charge on any atom is -0.296 e. The molecule has 0 aliphatic carbocycles. The molecule has 0 saturated heterocycles. The highest BCUT2D eigenvalue weighted by atomic mass is 32.2. The summed E-state index contributed by atoms with van der Waals surface area (Å²) in [5, 5.41) is -0.965. The van der Waals surface area contributed by atoms with Crippen LogP contribution < -0.4 is 0 Å². The van der Waals surface area contributed by atoms with E-state index < -0.39 is 15.2 Å². The number of rotatable bonds is 4. The number of benzene rings is 1. The summed E-state index contributed by atoms with van der Waals surface area (Å²) in [6.45, 7) is 6.81. The van der Waals surface area contributed by atoms with Crippen molar-refractivity contribution < 1.29 is 8.42 Å². The van der Waals surface area contributed by atoms with Gasteiger partial charge in [0.1, 0.15) is 0 Å². The Morgan fingerprint density at radius 2 is 2.00 bits per heavy atom. The molecule has 1 unspecified atom stereocenters. The normalized spacial score (nSPS) is 13.5. The zero-order valence-corrected chi connectivity index (χ0v) is 9.81. The quantitative estimate of drug-likeness (QED) is 0.751. The molecule has 0 bridgehead atoms. The van der Waals surface area contributed by atoms with Gasteiger partial charge in [-0.2, -0.15) is 0 Å². The first kappa shape index (κ1) is 12.5. The maximum Gasteiger partial charge on any atom is 0.323 e. The predicted molar refractivity (Wildman–Crippen MR) is 65.3 cm³/mol. The molecule has 0 saturated carbocycles. The van der Waals surface area contributed by atoms with Gasteiger partial charge in [0.15, 0.2) is 0 Å². The standard InChI is InChI=1S/C12H13NO2S/c1-13-12(16(2,14)15)10-6-9-11-7-4-3-5-8-11/h3-9,12H,10H2,2H3/b9-6+. The average Bonchev–Trinajstić information content (AvgIpc) is 2.24. The van der Waals surface area contributed by atoms with Crippen LogP contribution in [0.3, 0.4) is 0 Å². The van der Waals surface area contributed by atoms with Gasteiger partial charge in [-0.25, -0.2) is 15.0 Å². The Morgan fingerprint density at radius 1 is 1.38 bits per heavy atom. The molecule has 0 spiro atoms. The molecule has 84 valence electrons. The van der Waals surface area contributed by atoms with Crippen LogP contribution in [0.5, 0.6) is 0 Å². The first-order chi connectivity index (χ1) is 7.54. The molecule has 1 aromatic carbocycles. The molecule has 4 heteroatoms. The highest BCUT2D eigenvalue weighted by molar-refractivity contribution is 7.91. The van der Waals surface area contributed by atoms with Gasteiger partial charge in [-0.15, -0.1) is 0 Å². The van der Waals surface area contributed by atoms with Crippen molar-refractivity contribution in [3.05, 3.63) is 53.4 Å². The molecule has 0 fully saturated rings. The van der Waals surface area contributed by atoms with E-state index in [0.717, 1.165) is 11.8 Å². The van der Waals surface area contributed by atoms with Gasteiger partial charge in [0.2, 0.25) is 9.84 Å². The van der Waals surface area contributed by atoms with Crippen molar-refractivity contribution in [1.29, 1.82) is 0 Å². The molecule has 1 atom stereocenters. The van der Waals surface area contributed by atoms with Crippen LogP contribution in [0.15, 0.2) is 36.4 Å². The minimum atomic E-state index is -3.27. The molecule has 0 amide bonds. The number of nitrogens with zero attached hydrogens (tertiary/aromatic N) is 1. The highest BCUT2D eigenvalue weighted by Gasteiger charge is 2.23. The van der Waals surface area contributed by atoms with E-state index in [1.165, 1.54) is 0 Å². The van der Waals surface area contributed by atoms with E-state index in [4.69, 9.17) is 6.57 Å². The summed E-state index contributed by atoms with van der Waals surface area (Å²) in [4.78, 5) is 3.10. The van der Waals surface area contributed by atoms with Gasteiger partial charge in [-0.3, -0.25) is 4.85 Å². The Hall–Kier alpha value is -1.60. The van der Waals surface area contributed by atoms with Crippen LogP contribution in [0.1, 0.15) is 12.0 Å². The van der Waals surface area contributed by atoms with Gasteiger partial charge < -0.3 is 0 Å². The largest absolute Gasteiger partial charge is 0.323 e. The zero-order chi connectivity index (χ0) is 12.0. The Morgan fingerprint density at radius 3 is 2.50 bits per heavy atom. The van der Waals surface area contributed by atoms with Gasteiger partial charge in [0.25, 0.3) is 0 Å². The third-order valence-electron chi connectivity index (χ3n) is 2.09. The smallest absolute Gasteiger partial charge is 0.296 e. The van der Waals surface area contributed by atoms with Crippen molar-refractivity contribution >= 4 is 15.9 Å². The lowest BCUT2D eigenvalue weighted by Gasteiger charge is -1.98. The topological polar surface area (TPSA) is 38.5 Å². The molecule has 1 aromatic rings. The number of hydrogen-bond acceptors (Lipinski definition) is 2. The summed E-state index contributed by atoms with van der Waals surface area (Å²) in [6.07, 6.45) is 4.87. The monoisotopic (exact) mass is 235 g/mol. The second kappa shape index (κ2) is 5.47. The SMILES string of the molecule is [C-]#[N+]C(C/C=C/c1ccccc1)S(C)(=O)=O. The summed E-state index contributed by atoms with van der Waals surface area (Å²) >= 11 is 0. The predicted octanol–water partition coefficient (Wildman–Crippen LogP) is 2.38. The lowest BCUT2D eigenvalue weighted by Crippen LogP contribution is -2.14. The molecule has 0 aliphatic rings. The van der Waals surface area contributed by atoms with Crippen LogP contribution in [-0.2, 0) is 9.84 Å². The fourth-order valence-corrected chi connectivity index (χ4v) is 1.86. The van der Waals surface area contributed by atoms with Crippen LogP contribution in [0.2, 0.25) is 0 Å². The molecule has 0 radical (unpaired) electrons. The highest BCUT2D eigenvalue weighted by Crippen LogP contribution is 2.09. The Labute approximate surface area is 96.2 Å². The average molecular weight is 235 g/mol. The van der Waals surface area contributed by atoms with Crippen LogP contribution in [0.25, 0.3) is 10.9 Å². The van der Waals surface area contributed by atoms with Gasteiger partial charge in [0, 0.05) is 6.26 Å². The van der Waals surface area contributed by atoms with E-state index >= 15 is 0 Å². The molecule has 0 aromatic heterocycles. The summed E-state index contributed by atoms with van der Waals surface area (Å²) in [5.41, 5.74) is 1.000. The van der Waals surface area contributed by atoms with Gasteiger partial charge in [-0.05, 0) is 5.56 Å². The fourth-order valence-electron chi connectivity index (χ4n) is 1.21. The van der Waals surface area contributed by atoms with Gasteiger partial charge >= 0.3 is 5.37 Å². The lowest BCUT2D eigenvalue weighted by atomic mass is 10.2. The van der Waals surface area contributed by atoms with Crippen LogP contribution >= 0.6 is 0 Å². The van der Waals surface area contributed by atoms with E-state index in [1.807, 2.05) is 36.4 Å². The Bertz CT molecular complexity index is 498. The third-order valence-corrected chi connectivity index (χ3v) is 3.37. The molecular weight excluding hydrogens is 222 g/mol. The van der Waals surface area contributed by atoms with E-state index in [2.05, 4.69) is 4.85 Å². The Balaban J connectivity index is 2.65. The van der Waals surface area contributed by atoms with Crippen LogP contribution in [0, 0.1) is 6.57 Å². The maximum atomic E-state index is 11.2. The van der Waals surface area contributed by atoms with Crippen molar-refractivity contribution in [2.24, 2.45) is 0 Å². The van der Waals surface area contributed by atoms with E-state index in [9.17, 15) is 8.42 Å². The Kier molecular flexibility index (Phi) is 4.27. The second-order valence-electron chi connectivity index (χ2n) is 3.46. The number of sulfone groups is 1. The van der Waals surface area contributed by atoms with Crippen molar-refractivity contribution in [1.82, 2.24) is 0 Å². The molecular formula is C12H13NO2S. The van der Waals surface area contributed by atoms with E-state index in [0.29, 0.717) is 0 Å². The molecule has 16 heavy (non-hydrogen) atoms. The summed E-state index contributed by atoms with van der Waals surface area (Å²) in [5.74, 6) is 0. The van der Waals surface area contributed by atoms with Gasteiger partial charge in [-0.1, -0.05) is 42.5 Å². The summed E-state index contributed by atoms with van der Waals surface area (Å²) < 4.78 is 22.3. The first-order valence-electron chi connectivity index (χ1n) is 4.81. The van der Waals surface area contributed by atoms with Crippen LogP contribution in [0.4, 0.5) is 0 Å². The van der Waals surface area contributed by atoms with Crippen molar-refractivity contribution in [2.45, 2.75) is 11.8 Å². The molecule has 0 aliphatic heterocycles. The van der Waals surface area contributed by atoms with Crippen LogP contribution in [-0.4, -0.2) is 20.0 Å². The molecule has 0 heterocycles. The summed E-state index contributed by atoms with van der Waals surface area (Å²) in [7, 11) is -3.27. The maximum absolute atomic E-state index is 11.2. The third kappa shape index (κ3) is 3.87.